The number of ether oxygens (including phenoxy) is 1. The quantitative estimate of drug-likeness (QED) is 0.322. The summed E-state index contributed by atoms with van der Waals surface area (Å²) in [5.41, 5.74) is 4.48. The normalized spacial score (nSPS) is 10.4. The van der Waals surface area contributed by atoms with E-state index in [4.69, 9.17) is 4.74 Å². The molecule has 4 aromatic carbocycles. The SMILES string of the molecule is O=C(Oc1ccccc1)c1cccc(-c2ccccc2)c1-c1ccccc1. The van der Waals surface area contributed by atoms with E-state index in [0.717, 1.165) is 22.3 Å². The first-order valence-corrected chi connectivity index (χ1v) is 8.84. The maximum Gasteiger partial charge on any atom is 0.344 e. The van der Waals surface area contributed by atoms with Crippen LogP contribution in [0, 0.1) is 0 Å². The molecule has 2 heteroatoms. The zero-order valence-corrected chi connectivity index (χ0v) is 14.7. The Bertz CT molecular complexity index is 1040. The molecule has 4 aromatic rings. The lowest BCUT2D eigenvalue weighted by atomic mass is 9.90. The molecule has 0 bridgehead atoms. The minimum atomic E-state index is -0.363. The monoisotopic (exact) mass is 350 g/mol. The third-order valence-electron chi connectivity index (χ3n) is 4.39. The van der Waals surface area contributed by atoms with Crippen LogP contribution in [0.4, 0.5) is 0 Å². The van der Waals surface area contributed by atoms with Crippen LogP contribution in [0.3, 0.4) is 0 Å². The van der Waals surface area contributed by atoms with Crippen molar-refractivity contribution in [1.29, 1.82) is 0 Å². The third kappa shape index (κ3) is 3.65. The van der Waals surface area contributed by atoms with Gasteiger partial charge in [-0.3, -0.25) is 0 Å². The van der Waals surface area contributed by atoms with E-state index in [9.17, 15) is 4.79 Å². The fraction of sp³-hybridized carbons (Fsp3) is 0. The molecule has 0 radical (unpaired) electrons. The molecule has 0 saturated carbocycles. The Morgan fingerprint density at radius 3 is 1.74 bits per heavy atom. The topological polar surface area (TPSA) is 26.3 Å². The zero-order valence-electron chi connectivity index (χ0n) is 14.7. The maximum absolute atomic E-state index is 13.0. The fourth-order valence-electron chi connectivity index (χ4n) is 3.15. The van der Waals surface area contributed by atoms with Crippen molar-refractivity contribution in [1.82, 2.24) is 0 Å². The summed E-state index contributed by atoms with van der Waals surface area (Å²) < 4.78 is 5.61. The largest absolute Gasteiger partial charge is 0.423 e. The smallest absolute Gasteiger partial charge is 0.344 e. The van der Waals surface area contributed by atoms with Crippen molar-refractivity contribution in [3.8, 4) is 28.0 Å². The third-order valence-corrected chi connectivity index (χ3v) is 4.39. The van der Waals surface area contributed by atoms with Crippen LogP contribution in [-0.2, 0) is 0 Å². The minimum absolute atomic E-state index is 0.363. The Kier molecular flexibility index (Phi) is 4.80. The first kappa shape index (κ1) is 16.8. The van der Waals surface area contributed by atoms with Crippen LogP contribution in [0.15, 0.2) is 109 Å². The van der Waals surface area contributed by atoms with E-state index >= 15 is 0 Å². The molecule has 0 saturated heterocycles. The molecule has 130 valence electrons. The number of rotatable bonds is 4. The van der Waals surface area contributed by atoms with Crippen LogP contribution >= 0.6 is 0 Å². The molecular formula is C25H18O2. The van der Waals surface area contributed by atoms with Gasteiger partial charge in [0.25, 0.3) is 0 Å². The van der Waals surface area contributed by atoms with Crippen molar-refractivity contribution < 1.29 is 9.53 Å². The molecule has 0 aliphatic heterocycles. The van der Waals surface area contributed by atoms with Crippen molar-refractivity contribution >= 4 is 5.97 Å². The van der Waals surface area contributed by atoms with Crippen LogP contribution in [0.5, 0.6) is 5.75 Å². The van der Waals surface area contributed by atoms with Crippen LogP contribution in [0.25, 0.3) is 22.3 Å². The van der Waals surface area contributed by atoms with Crippen molar-refractivity contribution in [3.63, 3.8) is 0 Å². The highest BCUT2D eigenvalue weighted by molar-refractivity contribution is 6.03. The second-order valence-corrected chi connectivity index (χ2v) is 6.16. The van der Waals surface area contributed by atoms with Crippen LogP contribution in [-0.4, -0.2) is 5.97 Å². The number of esters is 1. The molecule has 0 atom stereocenters. The van der Waals surface area contributed by atoms with Crippen LogP contribution in [0.2, 0.25) is 0 Å². The first-order valence-electron chi connectivity index (χ1n) is 8.84. The Morgan fingerprint density at radius 1 is 0.556 bits per heavy atom. The molecular weight excluding hydrogens is 332 g/mol. The van der Waals surface area contributed by atoms with Gasteiger partial charge in [0, 0.05) is 5.56 Å². The minimum Gasteiger partial charge on any atom is -0.423 e. The Labute approximate surface area is 158 Å². The van der Waals surface area contributed by atoms with Crippen molar-refractivity contribution in [2.45, 2.75) is 0 Å². The van der Waals surface area contributed by atoms with Gasteiger partial charge in [0.15, 0.2) is 0 Å². The van der Waals surface area contributed by atoms with Gasteiger partial charge >= 0.3 is 5.97 Å². The second-order valence-electron chi connectivity index (χ2n) is 6.16. The summed E-state index contributed by atoms with van der Waals surface area (Å²) in [6.07, 6.45) is 0. The number of para-hydroxylation sites is 1. The van der Waals surface area contributed by atoms with Crippen molar-refractivity contribution in [2.75, 3.05) is 0 Å². The van der Waals surface area contributed by atoms with Crippen LogP contribution in [0.1, 0.15) is 10.4 Å². The zero-order chi connectivity index (χ0) is 18.5. The molecule has 2 nitrogen and oxygen atoms in total. The van der Waals surface area contributed by atoms with Gasteiger partial charge in [-0.15, -0.1) is 0 Å². The van der Waals surface area contributed by atoms with Gasteiger partial charge in [-0.25, -0.2) is 4.79 Å². The highest BCUT2D eigenvalue weighted by Crippen LogP contribution is 2.35. The molecule has 27 heavy (non-hydrogen) atoms. The highest BCUT2D eigenvalue weighted by atomic mass is 16.5. The van der Waals surface area contributed by atoms with Gasteiger partial charge in [0.2, 0.25) is 0 Å². The van der Waals surface area contributed by atoms with Crippen LogP contribution < -0.4 is 4.74 Å². The van der Waals surface area contributed by atoms with Gasteiger partial charge in [0.1, 0.15) is 5.75 Å². The van der Waals surface area contributed by atoms with E-state index in [1.54, 1.807) is 12.1 Å². The van der Waals surface area contributed by atoms with Gasteiger partial charge in [-0.05, 0) is 34.9 Å². The summed E-state index contributed by atoms with van der Waals surface area (Å²) in [4.78, 5) is 13.0. The lowest BCUT2D eigenvalue weighted by Gasteiger charge is -2.15. The summed E-state index contributed by atoms with van der Waals surface area (Å²) in [5, 5.41) is 0. The Morgan fingerprint density at radius 2 is 1.11 bits per heavy atom. The second kappa shape index (κ2) is 7.71. The predicted octanol–water partition coefficient (Wildman–Crippen LogP) is 6.24. The van der Waals surface area contributed by atoms with Gasteiger partial charge in [-0.2, -0.15) is 0 Å². The average molecular weight is 350 g/mol. The maximum atomic E-state index is 13.0. The molecule has 0 aliphatic carbocycles. The lowest BCUT2D eigenvalue weighted by molar-refractivity contribution is 0.0735. The fourth-order valence-corrected chi connectivity index (χ4v) is 3.15. The van der Waals surface area contributed by atoms with E-state index in [1.165, 1.54) is 0 Å². The summed E-state index contributed by atoms with van der Waals surface area (Å²) in [6.45, 7) is 0. The number of hydrogen-bond donors (Lipinski definition) is 0. The van der Waals surface area contributed by atoms with E-state index in [2.05, 4.69) is 0 Å². The molecule has 0 aliphatic rings. The molecule has 0 aromatic heterocycles. The van der Waals surface area contributed by atoms with Gasteiger partial charge in [0.05, 0.1) is 5.56 Å². The van der Waals surface area contributed by atoms with Gasteiger partial charge < -0.3 is 4.74 Å². The van der Waals surface area contributed by atoms with Crippen molar-refractivity contribution in [3.05, 3.63) is 115 Å². The summed E-state index contributed by atoms with van der Waals surface area (Å²) in [6, 6.07) is 34.9. The average Bonchev–Trinajstić information content (AvgIpc) is 2.75. The summed E-state index contributed by atoms with van der Waals surface area (Å²) in [7, 11) is 0. The number of carbonyl (C=O) groups is 1. The molecule has 0 unspecified atom stereocenters. The Balaban J connectivity index is 1.85. The molecule has 0 heterocycles. The highest BCUT2D eigenvalue weighted by Gasteiger charge is 2.19. The number of hydrogen-bond acceptors (Lipinski definition) is 2. The summed E-state index contributed by atoms with van der Waals surface area (Å²) >= 11 is 0. The number of carbonyl (C=O) groups excluding carboxylic acids is 1. The number of benzene rings is 4. The van der Waals surface area contributed by atoms with E-state index in [-0.39, 0.29) is 5.97 Å². The standard InChI is InChI=1S/C25H18O2/c26-25(27-21-15-8-3-9-16-21)23-18-10-17-22(19-11-4-1-5-12-19)24(23)20-13-6-2-7-14-20/h1-18H. The molecule has 0 spiro atoms. The molecule has 0 N–H and O–H groups in total. The van der Waals surface area contributed by atoms with E-state index in [1.807, 2.05) is 97.1 Å². The van der Waals surface area contributed by atoms with Crippen molar-refractivity contribution in [2.24, 2.45) is 0 Å². The predicted molar refractivity (Wildman–Crippen MR) is 109 cm³/mol. The van der Waals surface area contributed by atoms with E-state index in [0.29, 0.717) is 11.3 Å². The van der Waals surface area contributed by atoms with Gasteiger partial charge in [-0.1, -0.05) is 91.0 Å². The lowest BCUT2D eigenvalue weighted by Crippen LogP contribution is -2.10. The van der Waals surface area contributed by atoms with E-state index < -0.39 is 0 Å². The summed E-state index contributed by atoms with van der Waals surface area (Å²) in [5.74, 6) is 0.171. The first-order chi connectivity index (χ1) is 13.3. The molecule has 0 fully saturated rings. The Hall–Kier alpha value is -3.65. The molecule has 4 rings (SSSR count). The molecule has 0 amide bonds.